The molecule has 0 aromatic heterocycles. The second kappa shape index (κ2) is 7.11. The van der Waals surface area contributed by atoms with Gasteiger partial charge in [-0.1, -0.05) is 26.0 Å². The average molecular weight is 252 g/mol. The Hall–Kier alpha value is -1.42. The lowest BCUT2D eigenvalue weighted by molar-refractivity contribution is -0.121. The molecule has 0 aliphatic carbocycles. The predicted octanol–water partition coefficient (Wildman–Crippen LogP) is 2.39. The van der Waals surface area contributed by atoms with Gasteiger partial charge in [0.15, 0.2) is 0 Å². The molecule has 2 N–H and O–H groups in total. The first-order valence-corrected chi connectivity index (χ1v) is 6.27. The van der Waals surface area contributed by atoms with E-state index < -0.39 is 0 Å². The summed E-state index contributed by atoms with van der Waals surface area (Å²) in [7, 11) is 0. The van der Waals surface area contributed by atoms with Crippen molar-refractivity contribution >= 4 is 5.91 Å². The second-order valence-electron chi connectivity index (χ2n) is 4.70. The van der Waals surface area contributed by atoms with Crippen LogP contribution in [0.4, 0.5) is 4.39 Å². The summed E-state index contributed by atoms with van der Waals surface area (Å²) in [6.07, 6.45) is 0.448. The van der Waals surface area contributed by atoms with E-state index in [1.165, 1.54) is 12.1 Å². The topological polar surface area (TPSA) is 41.1 Å². The molecule has 1 atom stereocenters. The van der Waals surface area contributed by atoms with Crippen molar-refractivity contribution in [1.29, 1.82) is 0 Å². The normalized spacial score (nSPS) is 12.5. The van der Waals surface area contributed by atoms with Crippen molar-refractivity contribution in [2.45, 2.75) is 39.3 Å². The van der Waals surface area contributed by atoms with Gasteiger partial charge in [0.25, 0.3) is 0 Å². The third-order valence-corrected chi connectivity index (χ3v) is 2.65. The lowest BCUT2D eigenvalue weighted by Gasteiger charge is -2.15. The molecule has 0 saturated carbocycles. The molecule has 1 amide bonds. The summed E-state index contributed by atoms with van der Waals surface area (Å²) < 4.78 is 12.8. The van der Waals surface area contributed by atoms with E-state index in [-0.39, 0.29) is 17.8 Å². The summed E-state index contributed by atoms with van der Waals surface area (Å²) in [6.45, 7) is 6.64. The Morgan fingerprint density at radius 2 is 1.83 bits per heavy atom. The molecule has 0 aliphatic heterocycles. The van der Waals surface area contributed by atoms with E-state index in [0.29, 0.717) is 19.0 Å². The fourth-order valence-corrected chi connectivity index (χ4v) is 1.62. The molecule has 0 aliphatic rings. The predicted molar refractivity (Wildman–Crippen MR) is 70.7 cm³/mol. The third kappa shape index (κ3) is 5.27. The maximum absolute atomic E-state index is 12.8. The van der Waals surface area contributed by atoms with E-state index in [9.17, 15) is 9.18 Å². The summed E-state index contributed by atoms with van der Waals surface area (Å²) in [5.74, 6) is -0.265. The van der Waals surface area contributed by atoms with Gasteiger partial charge in [0.05, 0.1) is 6.04 Å². The molecule has 0 saturated heterocycles. The molecule has 18 heavy (non-hydrogen) atoms. The van der Waals surface area contributed by atoms with E-state index in [0.717, 1.165) is 5.56 Å². The number of amides is 1. The maximum Gasteiger partial charge on any atom is 0.221 e. The molecule has 1 aromatic rings. The van der Waals surface area contributed by atoms with Gasteiger partial charge in [-0.3, -0.25) is 4.79 Å². The first-order valence-electron chi connectivity index (χ1n) is 6.27. The lowest BCUT2D eigenvalue weighted by atomic mass is 10.1. The Labute approximate surface area is 108 Å². The number of carbonyl (C=O) groups is 1. The van der Waals surface area contributed by atoms with Crippen LogP contribution in [-0.2, 0) is 4.79 Å². The highest BCUT2D eigenvalue weighted by molar-refractivity contribution is 5.76. The molecule has 0 heterocycles. The molecule has 0 spiro atoms. The number of hydrogen-bond acceptors (Lipinski definition) is 2. The summed E-state index contributed by atoms with van der Waals surface area (Å²) in [4.78, 5) is 11.7. The number of rotatable bonds is 6. The van der Waals surface area contributed by atoms with Gasteiger partial charge >= 0.3 is 0 Å². The van der Waals surface area contributed by atoms with Gasteiger partial charge in [-0.2, -0.15) is 0 Å². The summed E-state index contributed by atoms with van der Waals surface area (Å²) in [5.41, 5.74) is 0.904. The minimum Gasteiger partial charge on any atom is -0.350 e. The van der Waals surface area contributed by atoms with Crippen molar-refractivity contribution < 1.29 is 9.18 Å². The van der Waals surface area contributed by atoms with Crippen molar-refractivity contribution in [3.63, 3.8) is 0 Å². The van der Waals surface area contributed by atoms with Gasteiger partial charge in [-0.25, -0.2) is 4.39 Å². The number of hydrogen-bond donors (Lipinski definition) is 2. The van der Waals surface area contributed by atoms with Gasteiger partial charge < -0.3 is 10.6 Å². The number of nitrogens with one attached hydrogen (secondary N) is 2. The average Bonchev–Trinajstić information content (AvgIpc) is 2.29. The zero-order valence-electron chi connectivity index (χ0n) is 11.2. The van der Waals surface area contributed by atoms with E-state index >= 15 is 0 Å². The van der Waals surface area contributed by atoms with Crippen LogP contribution < -0.4 is 10.6 Å². The van der Waals surface area contributed by atoms with E-state index in [1.54, 1.807) is 12.1 Å². The van der Waals surface area contributed by atoms with Gasteiger partial charge in [0, 0.05) is 19.0 Å². The molecule has 0 unspecified atom stereocenters. The van der Waals surface area contributed by atoms with Gasteiger partial charge in [-0.15, -0.1) is 0 Å². The van der Waals surface area contributed by atoms with Crippen LogP contribution in [0, 0.1) is 5.82 Å². The van der Waals surface area contributed by atoms with Crippen molar-refractivity contribution in [3.8, 4) is 0 Å². The third-order valence-electron chi connectivity index (χ3n) is 2.65. The Morgan fingerprint density at radius 1 is 1.22 bits per heavy atom. The van der Waals surface area contributed by atoms with E-state index in [1.807, 2.05) is 20.8 Å². The first-order chi connectivity index (χ1) is 8.49. The molecule has 1 aromatic carbocycles. The number of halogens is 1. The maximum atomic E-state index is 12.8. The van der Waals surface area contributed by atoms with Crippen LogP contribution in [0.25, 0.3) is 0 Å². The highest BCUT2D eigenvalue weighted by atomic mass is 19.1. The van der Waals surface area contributed by atoms with Crippen molar-refractivity contribution in [2.24, 2.45) is 0 Å². The zero-order valence-corrected chi connectivity index (χ0v) is 11.2. The van der Waals surface area contributed by atoms with Crippen molar-refractivity contribution in [3.05, 3.63) is 35.6 Å². The standard InChI is InChI=1S/C14H21FN2O/c1-10(2)16-9-8-14(18)17-11(3)12-4-6-13(15)7-5-12/h4-7,10-11,16H,8-9H2,1-3H3,(H,17,18)/t11-/m1/s1. The smallest absolute Gasteiger partial charge is 0.221 e. The first kappa shape index (κ1) is 14.6. The van der Waals surface area contributed by atoms with Crippen LogP contribution in [0.3, 0.4) is 0 Å². The van der Waals surface area contributed by atoms with Crippen LogP contribution >= 0.6 is 0 Å². The summed E-state index contributed by atoms with van der Waals surface area (Å²) in [5, 5.41) is 6.07. The molecule has 0 fully saturated rings. The highest BCUT2D eigenvalue weighted by Gasteiger charge is 2.09. The van der Waals surface area contributed by atoms with Gasteiger partial charge in [0.1, 0.15) is 5.82 Å². The highest BCUT2D eigenvalue weighted by Crippen LogP contribution is 2.12. The van der Waals surface area contributed by atoms with E-state index in [2.05, 4.69) is 10.6 Å². The Balaban J connectivity index is 2.37. The minimum absolute atomic E-state index is 0.0000231. The Morgan fingerprint density at radius 3 is 2.39 bits per heavy atom. The van der Waals surface area contributed by atoms with Crippen LogP contribution in [0.2, 0.25) is 0 Å². The monoisotopic (exact) mass is 252 g/mol. The van der Waals surface area contributed by atoms with Crippen molar-refractivity contribution in [1.82, 2.24) is 10.6 Å². The molecule has 0 radical (unpaired) electrons. The molecule has 4 heteroatoms. The Kier molecular flexibility index (Phi) is 5.78. The number of carbonyl (C=O) groups excluding carboxylic acids is 1. The molecule has 0 bridgehead atoms. The zero-order chi connectivity index (χ0) is 13.5. The molecule has 3 nitrogen and oxygen atoms in total. The second-order valence-corrected chi connectivity index (χ2v) is 4.70. The van der Waals surface area contributed by atoms with Crippen LogP contribution in [0.5, 0.6) is 0 Å². The quantitative estimate of drug-likeness (QED) is 0.816. The van der Waals surface area contributed by atoms with Gasteiger partial charge in [0.2, 0.25) is 5.91 Å². The SMILES string of the molecule is CC(C)NCCC(=O)N[C@H](C)c1ccc(F)cc1. The van der Waals surface area contributed by atoms with Crippen LogP contribution in [0.15, 0.2) is 24.3 Å². The van der Waals surface area contributed by atoms with Crippen molar-refractivity contribution in [2.75, 3.05) is 6.54 Å². The number of benzene rings is 1. The molecular formula is C14H21FN2O. The fourth-order valence-electron chi connectivity index (χ4n) is 1.62. The lowest BCUT2D eigenvalue weighted by Crippen LogP contribution is -2.31. The molecule has 1 rings (SSSR count). The Bertz CT molecular complexity index is 376. The summed E-state index contributed by atoms with van der Waals surface area (Å²) >= 11 is 0. The fraction of sp³-hybridized carbons (Fsp3) is 0.500. The minimum atomic E-state index is -0.265. The van der Waals surface area contributed by atoms with Gasteiger partial charge in [-0.05, 0) is 24.6 Å². The molecular weight excluding hydrogens is 231 g/mol. The van der Waals surface area contributed by atoms with E-state index in [4.69, 9.17) is 0 Å². The molecule has 100 valence electrons. The van der Waals surface area contributed by atoms with Crippen LogP contribution in [-0.4, -0.2) is 18.5 Å². The largest absolute Gasteiger partial charge is 0.350 e. The van der Waals surface area contributed by atoms with Crippen LogP contribution in [0.1, 0.15) is 38.8 Å². The summed E-state index contributed by atoms with van der Waals surface area (Å²) in [6, 6.07) is 6.46.